The predicted octanol–water partition coefficient (Wildman–Crippen LogP) is 0.0636. The highest BCUT2D eigenvalue weighted by Crippen LogP contribution is 2.20. The molecule has 1 N–H and O–H groups in total. The summed E-state index contributed by atoms with van der Waals surface area (Å²) in [5, 5.41) is 3.34. The molecule has 0 aromatic heterocycles. The van der Waals surface area contributed by atoms with E-state index in [-0.39, 0.29) is 23.9 Å². The number of nitrogens with one attached hydrogen (secondary N) is 1. The lowest BCUT2D eigenvalue weighted by molar-refractivity contribution is -0.137. The highest BCUT2D eigenvalue weighted by atomic mass is 16.2. The van der Waals surface area contributed by atoms with Crippen molar-refractivity contribution in [2.75, 3.05) is 27.2 Å². The molecule has 2 aliphatic heterocycles. The molecule has 0 spiro atoms. The number of rotatable bonds is 3. The fourth-order valence-electron chi connectivity index (χ4n) is 2.95. The van der Waals surface area contributed by atoms with Crippen LogP contribution >= 0.6 is 0 Å². The Bertz CT molecular complexity index is 345. The molecule has 2 saturated heterocycles. The van der Waals surface area contributed by atoms with Gasteiger partial charge in [-0.15, -0.1) is 0 Å². The van der Waals surface area contributed by atoms with Crippen LogP contribution in [0.2, 0.25) is 0 Å². The predicted molar refractivity (Wildman–Crippen MR) is 69.0 cm³/mol. The van der Waals surface area contributed by atoms with Crippen LogP contribution in [0.5, 0.6) is 0 Å². The second-order valence-corrected chi connectivity index (χ2v) is 5.67. The summed E-state index contributed by atoms with van der Waals surface area (Å²) in [6.07, 6.45) is 2.72. The van der Waals surface area contributed by atoms with Crippen molar-refractivity contribution in [1.29, 1.82) is 0 Å². The molecule has 2 rings (SSSR count). The molecule has 2 amide bonds. The number of likely N-dealkylation sites (N-methyl/N-ethyl adjacent to an activating group) is 1. The van der Waals surface area contributed by atoms with E-state index in [0.717, 1.165) is 13.1 Å². The summed E-state index contributed by atoms with van der Waals surface area (Å²) in [7, 11) is 3.70. The van der Waals surface area contributed by atoms with Crippen molar-refractivity contribution in [3.8, 4) is 0 Å². The molecule has 2 heterocycles. The first-order valence-corrected chi connectivity index (χ1v) is 6.74. The Morgan fingerprint density at radius 3 is 2.61 bits per heavy atom. The summed E-state index contributed by atoms with van der Waals surface area (Å²) >= 11 is 0. The van der Waals surface area contributed by atoms with E-state index in [1.165, 1.54) is 17.7 Å². The first kappa shape index (κ1) is 13.5. The quantitative estimate of drug-likeness (QED) is 0.723. The third kappa shape index (κ3) is 2.72. The van der Waals surface area contributed by atoms with Crippen molar-refractivity contribution in [3.05, 3.63) is 0 Å². The van der Waals surface area contributed by atoms with Crippen LogP contribution in [0, 0.1) is 5.92 Å². The van der Waals surface area contributed by atoms with Crippen LogP contribution in [0.15, 0.2) is 0 Å². The van der Waals surface area contributed by atoms with E-state index in [2.05, 4.69) is 24.2 Å². The molecule has 0 aromatic rings. The van der Waals surface area contributed by atoms with Gasteiger partial charge in [0.25, 0.3) is 0 Å². The number of imide groups is 1. The molecule has 18 heavy (non-hydrogen) atoms. The SMILES string of the molecule is CC(NC1CC(=O)N(C)C1=O)C1CCCN(C)C1. The van der Waals surface area contributed by atoms with E-state index >= 15 is 0 Å². The van der Waals surface area contributed by atoms with Gasteiger partial charge in [0.2, 0.25) is 11.8 Å². The highest BCUT2D eigenvalue weighted by Gasteiger charge is 2.37. The lowest BCUT2D eigenvalue weighted by Gasteiger charge is -2.34. The number of carbonyl (C=O) groups excluding carboxylic acids is 2. The molecular formula is C13H23N3O2. The van der Waals surface area contributed by atoms with Crippen LogP contribution in [-0.2, 0) is 9.59 Å². The van der Waals surface area contributed by atoms with Crippen molar-refractivity contribution in [3.63, 3.8) is 0 Å². The minimum atomic E-state index is -0.315. The topological polar surface area (TPSA) is 52.7 Å². The fraction of sp³-hybridized carbons (Fsp3) is 0.846. The van der Waals surface area contributed by atoms with E-state index in [0.29, 0.717) is 12.3 Å². The molecule has 3 unspecified atom stereocenters. The number of likely N-dealkylation sites (tertiary alicyclic amines) is 2. The summed E-state index contributed by atoms with van der Waals surface area (Å²) in [4.78, 5) is 26.9. The Balaban J connectivity index is 1.89. The van der Waals surface area contributed by atoms with Crippen molar-refractivity contribution in [2.45, 2.75) is 38.3 Å². The summed E-state index contributed by atoms with van der Waals surface area (Å²) in [5.41, 5.74) is 0. The normalized spacial score (nSPS) is 32.1. The van der Waals surface area contributed by atoms with Gasteiger partial charge in [-0.1, -0.05) is 0 Å². The summed E-state index contributed by atoms with van der Waals surface area (Å²) in [6.45, 7) is 4.35. The zero-order chi connectivity index (χ0) is 13.3. The molecule has 102 valence electrons. The minimum absolute atomic E-state index is 0.0783. The number of hydrogen-bond acceptors (Lipinski definition) is 4. The number of carbonyl (C=O) groups is 2. The van der Waals surface area contributed by atoms with E-state index in [1.54, 1.807) is 7.05 Å². The molecule has 2 aliphatic rings. The summed E-state index contributed by atoms with van der Waals surface area (Å²) < 4.78 is 0. The smallest absolute Gasteiger partial charge is 0.246 e. The second kappa shape index (κ2) is 5.36. The van der Waals surface area contributed by atoms with Crippen LogP contribution in [0.4, 0.5) is 0 Å². The standard InChI is InChI=1S/C13H23N3O2/c1-9(10-5-4-6-15(2)8-10)14-11-7-12(17)16(3)13(11)18/h9-11,14H,4-8H2,1-3H3. The number of piperidine rings is 1. The number of hydrogen-bond donors (Lipinski definition) is 1. The van der Waals surface area contributed by atoms with Crippen molar-refractivity contribution in [1.82, 2.24) is 15.1 Å². The Morgan fingerprint density at radius 1 is 1.33 bits per heavy atom. The summed E-state index contributed by atoms with van der Waals surface area (Å²) in [5.74, 6) is 0.402. The Morgan fingerprint density at radius 2 is 2.06 bits per heavy atom. The average Bonchev–Trinajstić information content (AvgIpc) is 2.57. The molecule has 0 aliphatic carbocycles. The molecule has 0 saturated carbocycles. The van der Waals surface area contributed by atoms with Gasteiger partial charge in [-0.2, -0.15) is 0 Å². The maximum Gasteiger partial charge on any atom is 0.246 e. The van der Waals surface area contributed by atoms with Gasteiger partial charge in [-0.3, -0.25) is 14.5 Å². The van der Waals surface area contributed by atoms with Gasteiger partial charge >= 0.3 is 0 Å². The van der Waals surface area contributed by atoms with Crippen LogP contribution in [0.25, 0.3) is 0 Å². The lowest BCUT2D eigenvalue weighted by Crippen LogP contribution is -2.48. The molecular weight excluding hydrogens is 230 g/mol. The Labute approximate surface area is 108 Å². The van der Waals surface area contributed by atoms with Crippen LogP contribution in [-0.4, -0.2) is 60.9 Å². The third-order valence-electron chi connectivity index (χ3n) is 4.21. The molecule has 5 heteroatoms. The number of amides is 2. The third-order valence-corrected chi connectivity index (χ3v) is 4.21. The molecule has 5 nitrogen and oxygen atoms in total. The molecule has 3 atom stereocenters. The maximum absolute atomic E-state index is 11.8. The first-order valence-electron chi connectivity index (χ1n) is 6.74. The van der Waals surface area contributed by atoms with Crippen molar-refractivity contribution >= 4 is 11.8 Å². The molecule has 0 bridgehead atoms. The van der Waals surface area contributed by atoms with Gasteiger partial charge in [-0.05, 0) is 39.3 Å². The van der Waals surface area contributed by atoms with Crippen molar-refractivity contribution < 1.29 is 9.59 Å². The average molecular weight is 253 g/mol. The second-order valence-electron chi connectivity index (χ2n) is 5.67. The molecule has 0 aromatic carbocycles. The number of nitrogens with zero attached hydrogens (tertiary/aromatic N) is 2. The van der Waals surface area contributed by atoms with Crippen LogP contribution in [0.1, 0.15) is 26.2 Å². The van der Waals surface area contributed by atoms with Gasteiger partial charge in [-0.25, -0.2) is 0 Å². The Hall–Kier alpha value is -0.940. The van der Waals surface area contributed by atoms with E-state index < -0.39 is 0 Å². The fourth-order valence-corrected chi connectivity index (χ4v) is 2.95. The van der Waals surface area contributed by atoms with Gasteiger partial charge in [0.15, 0.2) is 0 Å². The van der Waals surface area contributed by atoms with E-state index in [1.807, 2.05) is 0 Å². The zero-order valence-corrected chi connectivity index (χ0v) is 11.5. The zero-order valence-electron chi connectivity index (χ0n) is 11.5. The van der Waals surface area contributed by atoms with Crippen molar-refractivity contribution in [2.24, 2.45) is 5.92 Å². The summed E-state index contributed by atoms with van der Waals surface area (Å²) in [6, 6.07) is -0.0364. The monoisotopic (exact) mass is 253 g/mol. The highest BCUT2D eigenvalue weighted by molar-refractivity contribution is 6.05. The maximum atomic E-state index is 11.8. The first-order chi connectivity index (χ1) is 8.49. The minimum Gasteiger partial charge on any atom is -0.306 e. The van der Waals surface area contributed by atoms with Gasteiger partial charge in [0.05, 0.1) is 12.5 Å². The Kier molecular flexibility index (Phi) is 4.02. The lowest BCUT2D eigenvalue weighted by atomic mass is 9.91. The van der Waals surface area contributed by atoms with Gasteiger partial charge < -0.3 is 10.2 Å². The van der Waals surface area contributed by atoms with Gasteiger partial charge in [0, 0.05) is 19.6 Å². The van der Waals surface area contributed by atoms with E-state index in [9.17, 15) is 9.59 Å². The molecule has 0 radical (unpaired) electrons. The van der Waals surface area contributed by atoms with E-state index in [4.69, 9.17) is 0 Å². The molecule has 2 fully saturated rings. The van der Waals surface area contributed by atoms with Crippen LogP contribution in [0.3, 0.4) is 0 Å². The van der Waals surface area contributed by atoms with Crippen LogP contribution < -0.4 is 5.32 Å². The van der Waals surface area contributed by atoms with Gasteiger partial charge in [0.1, 0.15) is 0 Å². The largest absolute Gasteiger partial charge is 0.306 e.